The standard InChI is InChI=1S/C10H20N2/c1-5-6-8-11-10(2)7-9-12(3)4/h1,10-11H,6-9H2,2-4H3. The Balaban J connectivity index is 3.22. The highest BCUT2D eigenvalue weighted by Crippen LogP contribution is 1.91. The summed E-state index contributed by atoms with van der Waals surface area (Å²) in [6.07, 6.45) is 7.14. The average Bonchev–Trinajstić information content (AvgIpc) is 2.01. The summed E-state index contributed by atoms with van der Waals surface area (Å²) in [7, 11) is 4.18. The lowest BCUT2D eigenvalue weighted by atomic mass is 10.2. The molecular weight excluding hydrogens is 148 g/mol. The van der Waals surface area contributed by atoms with Crippen molar-refractivity contribution in [2.24, 2.45) is 0 Å². The Morgan fingerprint density at radius 3 is 2.67 bits per heavy atom. The lowest BCUT2D eigenvalue weighted by Gasteiger charge is -2.15. The van der Waals surface area contributed by atoms with E-state index in [1.54, 1.807) is 0 Å². The summed E-state index contributed by atoms with van der Waals surface area (Å²) in [6.45, 7) is 4.26. The molecule has 0 aliphatic rings. The number of hydrogen-bond donors (Lipinski definition) is 1. The molecule has 0 aromatic heterocycles. The Morgan fingerprint density at radius 2 is 2.17 bits per heavy atom. The van der Waals surface area contributed by atoms with E-state index in [1.165, 1.54) is 6.42 Å². The molecule has 0 aliphatic carbocycles. The minimum Gasteiger partial charge on any atom is -0.313 e. The van der Waals surface area contributed by atoms with Gasteiger partial charge in [-0.05, 0) is 34.0 Å². The van der Waals surface area contributed by atoms with Crippen molar-refractivity contribution in [2.45, 2.75) is 25.8 Å². The average molecular weight is 168 g/mol. The fraction of sp³-hybridized carbons (Fsp3) is 0.800. The van der Waals surface area contributed by atoms with Crippen LogP contribution < -0.4 is 5.32 Å². The fourth-order valence-corrected chi connectivity index (χ4v) is 0.945. The third kappa shape index (κ3) is 7.59. The highest BCUT2D eigenvalue weighted by molar-refractivity contribution is 4.84. The first-order chi connectivity index (χ1) is 5.66. The van der Waals surface area contributed by atoms with Crippen molar-refractivity contribution in [3.8, 4) is 12.3 Å². The minimum atomic E-state index is 0.570. The molecule has 70 valence electrons. The molecule has 1 unspecified atom stereocenters. The lowest BCUT2D eigenvalue weighted by Crippen LogP contribution is -2.30. The van der Waals surface area contributed by atoms with E-state index in [4.69, 9.17) is 6.42 Å². The summed E-state index contributed by atoms with van der Waals surface area (Å²) in [6, 6.07) is 0.570. The Labute approximate surface area is 76.3 Å². The van der Waals surface area contributed by atoms with Gasteiger partial charge < -0.3 is 10.2 Å². The quantitative estimate of drug-likeness (QED) is 0.469. The summed E-state index contributed by atoms with van der Waals surface area (Å²) in [5, 5.41) is 3.37. The van der Waals surface area contributed by atoms with Gasteiger partial charge in [0.2, 0.25) is 0 Å². The second-order valence-electron chi connectivity index (χ2n) is 3.40. The second kappa shape index (κ2) is 7.15. The zero-order chi connectivity index (χ0) is 9.40. The van der Waals surface area contributed by atoms with Gasteiger partial charge in [0.05, 0.1) is 0 Å². The van der Waals surface area contributed by atoms with E-state index in [0.29, 0.717) is 6.04 Å². The van der Waals surface area contributed by atoms with Crippen LogP contribution in [0.4, 0.5) is 0 Å². The van der Waals surface area contributed by atoms with Crippen molar-refractivity contribution in [2.75, 3.05) is 27.2 Å². The predicted octanol–water partition coefficient (Wildman–Crippen LogP) is 0.939. The van der Waals surface area contributed by atoms with Gasteiger partial charge >= 0.3 is 0 Å². The van der Waals surface area contributed by atoms with E-state index in [9.17, 15) is 0 Å². The summed E-state index contributed by atoms with van der Waals surface area (Å²) >= 11 is 0. The maximum atomic E-state index is 5.14. The minimum absolute atomic E-state index is 0.570. The summed E-state index contributed by atoms with van der Waals surface area (Å²) in [5.74, 6) is 2.62. The van der Waals surface area contributed by atoms with E-state index in [-0.39, 0.29) is 0 Å². The molecule has 12 heavy (non-hydrogen) atoms. The molecule has 0 radical (unpaired) electrons. The largest absolute Gasteiger partial charge is 0.313 e. The maximum Gasteiger partial charge on any atom is 0.0211 e. The van der Waals surface area contributed by atoms with Crippen LogP contribution in [0.5, 0.6) is 0 Å². The van der Waals surface area contributed by atoms with Gasteiger partial charge in [-0.25, -0.2) is 0 Å². The van der Waals surface area contributed by atoms with Crippen LogP contribution in [0.1, 0.15) is 19.8 Å². The van der Waals surface area contributed by atoms with Crippen molar-refractivity contribution in [3.63, 3.8) is 0 Å². The molecule has 0 rings (SSSR count). The molecule has 0 bridgehead atoms. The van der Waals surface area contributed by atoms with Crippen molar-refractivity contribution in [1.29, 1.82) is 0 Å². The van der Waals surface area contributed by atoms with Gasteiger partial charge in [0.1, 0.15) is 0 Å². The van der Waals surface area contributed by atoms with Crippen LogP contribution in [0.25, 0.3) is 0 Å². The maximum absolute atomic E-state index is 5.14. The molecule has 0 fully saturated rings. The van der Waals surface area contributed by atoms with Crippen molar-refractivity contribution < 1.29 is 0 Å². The van der Waals surface area contributed by atoms with Crippen LogP contribution in [-0.4, -0.2) is 38.1 Å². The first-order valence-electron chi connectivity index (χ1n) is 4.48. The monoisotopic (exact) mass is 168 g/mol. The Kier molecular flexibility index (Phi) is 6.84. The molecule has 0 saturated carbocycles. The third-order valence-electron chi connectivity index (χ3n) is 1.77. The fourth-order valence-electron chi connectivity index (χ4n) is 0.945. The Bertz CT molecular complexity index is 135. The van der Waals surface area contributed by atoms with Crippen LogP contribution >= 0.6 is 0 Å². The van der Waals surface area contributed by atoms with Gasteiger partial charge in [-0.2, -0.15) is 0 Å². The highest BCUT2D eigenvalue weighted by atomic mass is 15.1. The number of terminal acetylenes is 1. The lowest BCUT2D eigenvalue weighted by molar-refractivity contribution is 0.367. The summed E-state index contributed by atoms with van der Waals surface area (Å²) in [4.78, 5) is 2.19. The number of rotatable bonds is 6. The molecule has 0 aliphatic heterocycles. The van der Waals surface area contributed by atoms with E-state index < -0.39 is 0 Å². The first kappa shape index (κ1) is 11.5. The van der Waals surface area contributed by atoms with E-state index >= 15 is 0 Å². The molecule has 0 amide bonds. The van der Waals surface area contributed by atoms with Crippen molar-refractivity contribution in [1.82, 2.24) is 10.2 Å². The van der Waals surface area contributed by atoms with Gasteiger partial charge in [0.15, 0.2) is 0 Å². The molecule has 2 nitrogen and oxygen atoms in total. The van der Waals surface area contributed by atoms with E-state index in [1.807, 2.05) is 0 Å². The van der Waals surface area contributed by atoms with Gasteiger partial charge in [-0.15, -0.1) is 12.3 Å². The third-order valence-corrected chi connectivity index (χ3v) is 1.77. The Morgan fingerprint density at radius 1 is 1.50 bits per heavy atom. The normalized spacial score (nSPS) is 12.9. The van der Waals surface area contributed by atoms with Gasteiger partial charge in [0, 0.05) is 19.0 Å². The van der Waals surface area contributed by atoms with Crippen LogP contribution in [0.2, 0.25) is 0 Å². The van der Waals surface area contributed by atoms with Crippen molar-refractivity contribution in [3.05, 3.63) is 0 Å². The molecule has 0 heterocycles. The first-order valence-corrected chi connectivity index (χ1v) is 4.48. The number of nitrogens with one attached hydrogen (secondary N) is 1. The molecule has 0 aromatic rings. The van der Waals surface area contributed by atoms with Crippen molar-refractivity contribution >= 4 is 0 Å². The predicted molar refractivity (Wildman–Crippen MR) is 54.1 cm³/mol. The Hall–Kier alpha value is -0.520. The van der Waals surface area contributed by atoms with Gasteiger partial charge in [0.25, 0.3) is 0 Å². The highest BCUT2D eigenvalue weighted by Gasteiger charge is 1.99. The number of hydrogen-bond acceptors (Lipinski definition) is 2. The zero-order valence-corrected chi connectivity index (χ0v) is 8.43. The number of nitrogens with zero attached hydrogens (tertiary/aromatic N) is 1. The topological polar surface area (TPSA) is 15.3 Å². The molecule has 1 N–H and O–H groups in total. The van der Waals surface area contributed by atoms with E-state index in [0.717, 1.165) is 19.5 Å². The van der Waals surface area contributed by atoms with Gasteiger partial charge in [-0.3, -0.25) is 0 Å². The molecule has 0 spiro atoms. The van der Waals surface area contributed by atoms with E-state index in [2.05, 4.69) is 37.2 Å². The molecule has 2 heteroatoms. The molecular formula is C10H20N2. The van der Waals surface area contributed by atoms with Crippen LogP contribution in [0.3, 0.4) is 0 Å². The smallest absolute Gasteiger partial charge is 0.0211 e. The van der Waals surface area contributed by atoms with Crippen LogP contribution in [-0.2, 0) is 0 Å². The molecule has 1 atom stereocenters. The van der Waals surface area contributed by atoms with Crippen LogP contribution in [0, 0.1) is 12.3 Å². The molecule has 0 saturated heterocycles. The van der Waals surface area contributed by atoms with Gasteiger partial charge in [-0.1, -0.05) is 0 Å². The SMILES string of the molecule is C#CCCNC(C)CCN(C)C. The summed E-state index contributed by atoms with van der Waals surface area (Å²) < 4.78 is 0. The summed E-state index contributed by atoms with van der Waals surface area (Å²) in [5.41, 5.74) is 0. The molecule has 0 aromatic carbocycles. The van der Waals surface area contributed by atoms with Crippen LogP contribution in [0.15, 0.2) is 0 Å². The second-order valence-corrected chi connectivity index (χ2v) is 3.40. The zero-order valence-electron chi connectivity index (χ0n) is 8.43.